The molecule has 0 atom stereocenters. The van der Waals surface area contributed by atoms with Crippen LogP contribution in [0.5, 0.6) is 0 Å². The quantitative estimate of drug-likeness (QED) is 0.744. The molecule has 0 unspecified atom stereocenters. The van der Waals surface area contributed by atoms with Gasteiger partial charge in [-0.05, 0) is 18.2 Å². The monoisotopic (exact) mass is 245 g/mol. The first-order valence-corrected chi connectivity index (χ1v) is 4.48. The van der Waals surface area contributed by atoms with E-state index in [0.717, 1.165) is 0 Å². The van der Waals surface area contributed by atoms with Crippen molar-refractivity contribution in [2.45, 2.75) is 0 Å². The van der Waals surface area contributed by atoms with E-state index >= 15 is 0 Å². The molecule has 13 heavy (non-hydrogen) atoms. The number of halogens is 2. The van der Waals surface area contributed by atoms with Gasteiger partial charge in [-0.3, -0.25) is 4.79 Å². The van der Waals surface area contributed by atoms with Crippen LogP contribution in [0.4, 0.5) is 4.39 Å². The molecule has 0 aliphatic heterocycles. The molecule has 0 spiro atoms. The zero-order valence-corrected chi connectivity index (χ0v) is 8.93. The van der Waals surface area contributed by atoms with E-state index in [4.69, 9.17) is 0 Å². The topological polar surface area (TPSA) is 20.3 Å². The number of carbonyl (C=O) groups is 1. The Bertz CT molecular complexity index is 338. The van der Waals surface area contributed by atoms with Crippen LogP contribution in [0.3, 0.4) is 0 Å². The van der Waals surface area contributed by atoms with E-state index in [1.807, 2.05) is 0 Å². The van der Waals surface area contributed by atoms with E-state index in [0.29, 0.717) is 4.47 Å². The second kappa shape index (κ2) is 3.87. The summed E-state index contributed by atoms with van der Waals surface area (Å²) in [4.78, 5) is 12.7. The molecule has 1 aromatic rings. The molecule has 0 aromatic heterocycles. The third-order valence-corrected chi connectivity index (χ3v) is 2.06. The predicted octanol–water partition coefficient (Wildman–Crippen LogP) is 2.29. The average molecular weight is 246 g/mol. The maximum absolute atomic E-state index is 13.1. The van der Waals surface area contributed by atoms with Crippen LogP contribution in [0.25, 0.3) is 0 Å². The van der Waals surface area contributed by atoms with Crippen LogP contribution in [0.15, 0.2) is 22.7 Å². The van der Waals surface area contributed by atoms with Gasteiger partial charge in [-0.25, -0.2) is 4.39 Å². The fourth-order valence-electron chi connectivity index (χ4n) is 0.902. The summed E-state index contributed by atoms with van der Waals surface area (Å²) in [6.07, 6.45) is 0. The molecule has 1 rings (SSSR count). The Labute approximate surface area is 84.5 Å². The number of nitrogens with zero attached hydrogens (tertiary/aromatic N) is 1. The molecule has 70 valence electrons. The zero-order chi connectivity index (χ0) is 10.0. The van der Waals surface area contributed by atoms with Gasteiger partial charge in [0.25, 0.3) is 5.91 Å². The molecule has 0 N–H and O–H groups in total. The Morgan fingerprint density at radius 2 is 2.08 bits per heavy atom. The van der Waals surface area contributed by atoms with Gasteiger partial charge in [0.05, 0.1) is 5.56 Å². The Morgan fingerprint density at radius 3 is 2.62 bits per heavy atom. The smallest absolute Gasteiger partial charge is 0.256 e. The van der Waals surface area contributed by atoms with Gasteiger partial charge >= 0.3 is 0 Å². The first kappa shape index (κ1) is 10.2. The highest BCUT2D eigenvalue weighted by atomic mass is 79.9. The van der Waals surface area contributed by atoms with Crippen LogP contribution in [-0.4, -0.2) is 24.9 Å². The minimum atomic E-state index is -0.498. The number of carbonyl (C=O) groups excluding carboxylic acids is 1. The molecule has 4 heteroatoms. The first-order valence-electron chi connectivity index (χ1n) is 3.69. The second-order valence-electron chi connectivity index (χ2n) is 2.82. The van der Waals surface area contributed by atoms with E-state index in [-0.39, 0.29) is 11.5 Å². The number of hydrogen-bond acceptors (Lipinski definition) is 1. The summed E-state index contributed by atoms with van der Waals surface area (Å²) in [6.45, 7) is 0. The molecule has 1 amide bonds. The molecular weight excluding hydrogens is 237 g/mol. The van der Waals surface area contributed by atoms with E-state index in [1.165, 1.54) is 17.0 Å². The highest BCUT2D eigenvalue weighted by molar-refractivity contribution is 9.10. The van der Waals surface area contributed by atoms with Gasteiger partial charge in [0.15, 0.2) is 0 Å². The number of rotatable bonds is 1. The highest BCUT2D eigenvalue weighted by Crippen LogP contribution is 2.16. The molecule has 0 saturated carbocycles. The van der Waals surface area contributed by atoms with Crippen molar-refractivity contribution in [1.29, 1.82) is 0 Å². The summed E-state index contributed by atoms with van der Waals surface area (Å²) in [6, 6.07) is 4.29. The van der Waals surface area contributed by atoms with Gasteiger partial charge in [-0.2, -0.15) is 0 Å². The van der Waals surface area contributed by atoms with Gasteiger partial charge in [0.2, 0.25) is 0 Å². The Morgan fingerprint density at radius 1 is 1.46 bits per heavy atom. The van der Waals surface area contributed by atoms with Crippen molar-refractivity contribution in [2.24, 2.45) is 0 Å². The average Bonchev–Trinajstić information content (AvgIpc) is 2.08. The molecular formula is C9H9BrFNO. The summed E-state index contributed by atoms with van der Waals surface area (Å²) in [5, 5.41) is 0. The number of hydrogen-bond donors (Lipinski definition) is 0. The van der Waals surface area contributed by atoms with Crippen molar-refractivity contribution in [2.75, 3.05) is 14.1 Å². The Balaban J connectivity index is 3.13. The van der Waals surface area contributed by atoms with Crippen molar-refractivity contribution in [1.82, 2.24) is 4.90 Å². The summed E-state index contributed by atoms with van der Waals surface area (Å²) in [5.41, 5.74) is 0.0828. The first-order chi connectivity index (χ1) is 6.02. The SMILES string of the molecule is CN(C)C(=O)c1cc(Br)ccc1F. The number of benzene rings is 1. The molecule has 0 saturated heterocycles. The fraction of sp³-hybridized carbons (Fsp3) is 0.222. The van der Waals surface area contributed by atoms with Crippen molar-refractivity contribution >= 4 is 21.8 Å². The largest absolute Gasteiger partial charge is 0.345 e. The summed E-state index contributed by atoms with van der Waals surface area (Å²) in [7, 11) is 3.17. The third kappa shape index (κ3) is 2.28. The van der Waals surface area contributed by atoms with E-state index < -0.39 is 5.82 Å². The molecule has 1 aromatic carbocycles. The Kier molecular flexibility index (Phi) is 3.03. The summed E-state index contributed by atoms with van der Waals surface area (Å²) < 4.78 is 13.8. The van der Waals surface area contributed by atoms with Crippen LogP contribution in [0.1, 0.15) is 10.4 Å². The van der Waals surface area contributed by atoms with Crippen LogP contribution in [0.2, 0.25) is 0 Å². The van der Waals surface area contributed by atoms with Gasteiger partial charge in [0, 0.05) is 18.6 Å². The van der Waals surface area contributed by atoms with Crippen LogP contribution in [-0.2, 0) is 0 Å². The second-order valence-corrected chi connectivity index (χ2v) is 3.74. The minimum Gasteiger partial charge on any atom is -0.345 e. The summed E-state index contributed by atoms with van der Waals surface area (Å²) >= 11 is 3.18. The maximum Gasteiger partial charge on any atom is 0.256 e. The van der Waals surface area contributed by atoms with Crippen LogP contribution >= 0.6 is 15.9 Å². The standard InChI is InChI=1S/C9H9BrFNO/c1-12(2)9(13)7-5-6(10)3-4-8(7)11/h3-5H,1-2H3. The predicted molar refractivity (Wildman–Crippen MR) is 52.1 cm³/mol. The fourth-order valence-corrected chi connectivity index (χ4v) is 1.26. The number of amides is 1. The molecule has 0 aliphatic rings. The van der Waals surface area contributed by atoms with Crippen LogP contribution in [0, 0.1) is 5.82 Å². The van der Waals surface area contributed by atoms with E-state index in [9.17, 15) is 9.18 Å². The lowest BCUT2D eigenvalue weighted by Crippen LogP contribution is -2.22. The minimum absolute atomic E-state index is 0.0828. The highest BCUT2D eigenvalue weighted by Gasteiger charge is 2.13. The van der Waals surface area contributed by atoms with E-state index in [2.05, 4.69) is 15.9 Å². The lowest BCUT2D eigenvalue weighted by atomic mass is 10.2. The van der Waals surface area contributed by atoms with Crippen molar-refractivity contribution < 1.29 is 9.18 Å². The molecule has 0 bridgehead atoms. The van der Waals surface area contributed by atoms with Crippen molar-refractivity contribution in [3.63, 3.8) is 0 Å². The van der Waals surface area contributed by atoms with E-state index in [1.54, 1.807) is 20.2 Å². The molecule has 0 fully saturated rings. The van der Waals surface area contributed by atoms with Crippen molar-refractivity contribution in [3.05, 3.63) is 34.1 Å². The van der Waals surface area contributed by atoms with Crippen LogP contribution < -0.4 is 0 Å². The molecule has 2 nitrogen and oxygen atoms in total. The molecule has 0 aliphatic carbocycles. The van der Waals surface area contributed by atoms with Gasteiger partial charge < -0.3 is 4.90 Å². The zero-order valence-electron chi connectivity index (χ0n) is 7.34. The third-order valence-electron chi connectivity index (χ3n) is 1.56. The molecule has 0 radical (unpaired) electrons. The summed E-state index contributed by atoms with van der Waals surface area (Å²) in [5.74, 6) is -0.833. The van der Waals surface area contributed by atoms with Gasteiger partial charge in [-0.15, -0.1) is 0 Å². The van der Waals surface area contributed by atoms with Gasteiger partial charge in [0.1, 0.15) is 5.82 Å². The normalized spacial score (nSPS) is 9.85. The lowest BCUT2D eigenvalue weighted by molar-refractivity contribution is 0.0823. The van der Waals surface area contributed by atoms with Gasteiger partial charge in [-0.1, -0.05) is 15.9 Å². The lowest BCUT2D eigenvalue weighted by Gasteiger charge is -2.10. The maximum atomic E-state index is 13.1. The Hall–Kier alpha value is -0.900. The molecule has 0 heterocycles. The van der Waals surface area contributed by atoms with Crippen molar-refractivity contribution in [3.8, 4) is 0 Å².